The number of phenolic OH excluding ortho intramolecular Hbond substituents is 1. The lowest BCUT2D eigenvalue weighted by Crippen LogP contribution is -2.21. The Labute approximate surface area is 158 Å². The number of phenols is 1. The van der Waals surface area contributed by atoms with Gasteiger partial charge in [0.15, 0.2) is 12.4 Å². The molecule has 132 valence electrons. The lowest BCUT2D eigenvalue weighted by Gasteiger charge is -2.09. The topological polar surface area (TPSA) is 88.5 Å². The van der Waals surface area contributed by atoms with E-state index >= 15 is 0 Å². The van der Waals surface area contributed by atoms with Crippen LogP contribution in [0.15, 0.2) is 48.7 Å². The number of nitrogens with one attached hydrogen (secondary N) is 1. The van der Waals surface area contributed by atoms with Gasteiger partial charge in [0.2, 0.25) is 0 Å². The number of esters is 1. The summed E-state index contributed by atoms with van der Waals surface area (Å²) in [4.78, 5) is 27.9. The van der Waals surface area contributed by atoms with Crippen LogP contribution < -0.4 is 5.32 Å². The Morgan fingerprint density at radius 2 is 1.92 bits per heavy atom. The minimum atomic E-state index is -0.821. The number of aromatic nitrogens is 1. The molecule has 0 atom stereocenters. The molecule has 0 radical (unpaired) electrons. The molecule has 0 saturated carbocycles. The van der Waals surface area contributed by atoms with Gasteiger partial charge in [-0.15, -0.1) is 0 Å². The lowest BCUT2D eigenvalue weighted by atomic mass is 10.1. The number of rotatable bonds is 4. The van der Waals surface area contributed by atoms with Crippen LogP contribution in [0.25, 0.3) is 10.8 Å². The van der Waals surface area contributed by atoms with Crippen molar-refractivity contribution < 1.29 is 19.4 Å². The number of carbonyl (C=O) groups excluding carboxylic acids is 2. The normalized spacial score (nSPS) is 10.5. The smallest absolute Gasteiger partial charge is 0.342 e. The van der Waals surface area contributed by atoms with Crippen molar-refractivity contribution >= 4 is 51.7 Å². The van der Waals surface area contributed by atoms with E-state index in [0.29, 0.717) is 10.4 Å². The maximum absolute atomic E-state index is 12.2. The first-order valence-electron chi connectivity index (χ1n) is 7.44. The minimum Gasteiger partial charge on any atom is -0.506 e. The van der Waals surface area contributed by atoms with Gasteiger partial charge >= 0.3 is 5.97 Å². The van der Waals surface area contributed by atoms with E-state index in [1.165, 1.54) is 18.3 Å². The van der Waals surface area contributed by atoms with E-state index in [9.17, 15) is 14.7 Å². The number of hydrogen-bond donors (Lipinski definition) is 2. The van der Waals surface area contributed by atoms with Gasteiger partial charge in [-0.1, -0.05) is 53.5 Å². The molecule has 6 nitrogen and oxygen atoms in total. The fourth-order valence-corrected chi connectivity index (χ4v) is 2.73. The molecule has 0 spiro atoms. The average molecular weight is 391 g/mol. The van der Waals surface area contributed by atoms with Gasteiger partial charge in [-0.25, -0.2) is 9.78 Å². The minimum absolute atomic E-state index is 0.0286. The molecule has 8 heteroatoms. The zero-order valence-electron chi connectivity index (χ0n) is 13.2. The fraction of sp³-hybridized carbons (Fsp3) is 0.0556. The number of anilines is 1. The average Bonchev–Trinajstić information content (AvgIpc) is 2.62. The monoisotopic (exact) mass is 390 g/mol. The second kappa shape index (κ2) is 7.59. The molecule has 2 N–H and O–H groups in total. The Kier molecular flexibility index (Phi) is 5.25. The van der Waals surface area contributed by atoms with Gasteiger partial charge in [0.1, 0.15) is 11.3 Å². The van der Waals surface area contributed by atoms with Crippen molar-refractivity contribution in [3.8, 4) is 5.75 Å². The molecule has 0 saturated heterocycles. The van der Waals surface area contributed by atoms with Crippen molar-refractivity contribution in [1.29, 1.82) is 0 Å². The standard InChI is InChI=1S/C18H12Cl2N2O4/c19-11-7-14(20)17(21-8-11)22-15(23)9-26-18(25)13-6-5-10-3-1-2-4-12(10)16(13)24/h1-8,24H,9H2,(H,21,22,23). The molecular weight excluding hydrogens is 379 g/mol. The zero-order chi connectivity index (χ0) is 18.7. The quantitative estimate of drug-likeness (QED) is 0.656. The highest BCUT2D eigenvalue weighted by Crippen LogP contribution is 2.29. The summed E-state index contributed by atoms with van der Waals surface area (Å²) in [5, 5.41) is 14.4. The molecule has 2 aromatic carbocycles. The van der Waals surface area contributed by atoms with E-state index in [4.69, 9.17) is 27.9 Å². The van der Waals surface area contributed by atoms with E-state index < -0.39 is 18.5 Å². The molecule has 0 unspecified atom stereocenters. The zero-order valence-corrected chi connectivity index (χ0v) is 14.7. The second-order valence-electron chi connectivity index (χ2n) is 5.29. The molecule has 0 bridgehead atoms. The van der Waals surface area contributed by atoms with Gasteiger partial charge in [-0.05, 0) is 17.5 Å². The highest BCUT2D eigenvalue weighted by Gasteiger charge is 2.17. The summed E-state index contributed by atoms with van der Waals surface area (Å²) in [5.74, 6) is -1.55. The SMILES string of the molecule is O=C(COC(=O)c1ccc2ccccc2c1O)Nc1ncc(Cl)cc1Cl. The molecule has 0 aliphatic heterocycles. The predicted octanol–water partition coefficient (Wildman–Crippen LogP) is 4.04. The summed E-state index contributed by atoms with van der Waals surface area (Å²) >= 11 is 11.6. The summed E-state index contributed by atoms with van der Waals surface area (Å²) in [7, 11) is 0. The van der Waals surface area contributed by atoms with Crippen LogP contribution in [0, 0.1) is 0 Å². The Balaban J connectivity index is 1.67. The predicted molar refractivity (Wildman–Crippen MR) is 98.8 cm³/mol. The third-order valence-electron chi connectivity index (χ3n) is 3.52. The summed E-state index contributed by atoms with van der Waals surface area (Å²) in [6.07, 6.45) is 1.32. The third kappa shape index (κ3) is 3.87. The fourth-order valence-electron chi connectivity index (χ4n) is 2.30. The van der Waals surface area contributed by atoms with Crippen molar-refractivity contribution in [2.24, 2.45) is 0 Å². The van der Waals surface area contributed by atoms with E-state index in [2.05, 4.69) is 10.3 Å². The Morgan fingerprint density at radius 3 is 2.69 bits per heavy atom. The Bertz CT molecular complexity index is 1010. The number of pyridine rings is 1. The molecule has 3 aromatic rings. The number of amides is 1. The number of aromatic hydroxyl groups is 1. The molecule has 26 heavy (non-hydrogen) atoms. The van der Waals surface area contributed by atoms with Gasteiger partial charge < -0.3 is 15.2 Å². The number of halogens is 2. The van der Waals surface area contributed by atoms with E-state index in [0.717, 1.165) is 5.39 Å². The molecule has 0 fully saturated rings. The van der Waals surface area contributed by atoms with Crippen molar-refractivity contribution in [3.63, 3.8) is 0 Å². The van der Waals surface area contributed by atoms with Crippen LogP contribution in [0.5, 0.6) is 5.75 Å². The molecular formula is C18H12Cl2N2O4. The van der Waals surface area contributed by atoms with Crippen LogP contribution in [-0.2, 0) is 9.53 Å². The first-order chi connectivity index (χ1) is 12.5. The highest BCUT2D eigenvalue weighted by atomic mass is 35.5. The van der Waals surface area contributed by atoms with Gasteiger partial charge in [0.05, 0.1) is 10.0 Å². The first-order valence-corrected chi connectivity index (χ1v) is 8.20. The van der Waals surface area contributed by atoms with Crippen LogP contribution >= 0.6 is 23.2 Å². The second-order valence-corrected chi connectivity index (χ2v) is 6.13. The Hall–Kier alpha value is -2.83. The van der Waals surface area contributed by atoms with Crippen molar-refractivity contribution in [2.75, 3.05) is 11.9 Å². The number of hydrogen-bond acceptors (Lipinski definition) is 5. The number of ether oxygens (including phenoxy) is 1. The molecule has 1 aromatic heterocycles. The van der Waals surface area contributed by atoms with Gasteiger partial charge in [-0.3, -0.25) is 4.79 Å². The molecule has 1 heterocycles. The maximum Gasteiger partial charge on any atom is 0.342 e. The maximum atomic E-state index is 12.2. The summed E-state index contributed by atoms with van der Waals surface area (Å²) in [6.45, 7) is -0.564. The number of fused-ring (bicyclic) bond motifs is 1. The van der Waals surface area contributed by atoms with Crippen molar-refractivity contribution in [3.05, 3.63) is 64.3 Å². The number of nitrogens with zero attached hydrogens (tertiary/aromatic N) is 1. The first kappa shape index (κ1) is 18.0. The van der Waals surface area contributed by atoms with E-state index in [1.54, 1.807) is 24.3 Å². The van der Waals surface area contributed by atoms with Crippen LogP contribution in [0.1, 0.15) is 10.4 Å². The number of benzene rings is 2. The van der Waals surface area contributed by atoms with Gasteiger partial charge in [0.25, 0.3) is 5.91 Å². The summed E-state index contributed by atoms with van der Waals surface area (Å²) in [6, 6.07) is 11.6. The molecule has 3 rings (SSSR count). The van der Waals surface area contributed by atoms with Crippen LogP contribution in [0.3, 0.4) is 0 Å². The summed E-state index contributed by atoms with van der Waals surface area (Å²) < 4.78 is 4.95. The van der Waals surface area contributed by atoms with Crippen LogP contribution in [0.2, 0.25) is 10.0 Å². The van der Waals surface area contributed by atoms with E-state index in [-0.39, 0.29) is 22.2 Å². The number of carbonyl (C=O) groups is 2. The summed E-state index contributed by atoms with van der Waals surface area (Å²) in [5.41, 5.74) is -0.0286. The molecule has 1 amide bonds. The molecule has 0 aliphatic rings. The molecule has 0 aliphatic carbocycles. The van der Waals surface area contributed by atoms with E-state index in [1.807, 2.05) is 6.07 Å². The van der Waals surface area contributed by atoms with Gasteiger partial charge in [-0.2, -0.15) is 0 Å². The third-order valence-corrected chi connectivity index (χ3v) is 4.02. The van der Waals surface area contributed by atoms with Crippen molar-refractivity contribution in [1.82, 2.24) is 4.98 Å². The van der Waals surface area contributed by atoms with Crippen LogP contribution in [-0.4, -0.2) is 28.6 Å². The lowest BCUT2D eigenvalue weighted by molar-refractivity contribution is -0.119. The van der Waals surface area contributed by atoms with Crippen LogP contribution in [0.4, 0.5) is 5.82 Å². The van der Waals surface area contributed by atoms with Gasteiger partial charge in [0, 0.05) is 11.6 Å². The largest absolute Gasteiger partial charge is 0.506 e. The van der Waals surface area contributed by atoms with Crippen molar-refractivity contribution in [2.45, 2.75) is 0 Å². The highest BCUT2D eigenvalue weighted by molar-refractivity contribution is 6.36. The Morgan fingerprint density at radius 1 is 1.15 bits per heavy atom.